The van der Waals surface area contributed by atoms with Gasteiger partial charge in [0.25, 0.3) is 10.0 Å². The van der Waals surface area contributed by atoms with E-state index in [0.29, 0.717) is 5.69 Å². The number of hydrogen-bond acceptors (Lipinski definition) is 4. The third kappa shape index (κ3) is 3.18. The van der Waals surface area contributed by atoms with Crippen molar-refractivity contribution in [1.29, 1.82) is 0 Å². The van der Waals surface area contributed by atoms with E-state index in [-0.39, 0.29) is 9.92 Å². The molecular weight excluding hydrogens is 322 g/mol. The van der Waals surface area contributed by atoms with E-state index in [1.165, 1.54) is 25.1 Å². The molecule has 2 heterocycles. The summed E-state index contributed by atoms with van der Waals surface area (Å²) in [4.78, 5) is 6.57. The summed E-state index contributed by atoms with van der Waals surface area (Å²) >= 11 is 5.94. The second kappa shape index (κ2) is 6.14. The van der Waals surface area contributed by atoms with E-state index < -0.39 is 10.0 Å². The minimum Gasteiger partial charge on any atom is -0.357 e. The number of rotatable bonds is 4. The van der Waals surface area contributed by atoms with Crippen molar-refractivity contribution in [2.24, 2.45) is 0 Å². The van der Waals surface area contributed by atoms with Gasteiger partial charge >= 0.3 is 0 Å². The highest BCUT2D eigenvalue weighted by Crippen LogP contribution is 2.24. The minimum absolute atomic E-state index is 0.0558. The number of nitrogens with zero attached hydrogens (tertiary/aromatic N) is 2. The molecule has 7 heteroatoms. The maximum atomic E-state index is 12.3. The lowest BCUT2D eigenvalue weighted by Crippen LogP contribution is -2.19. The molecule has 116 valence electrons. The van der Waals surface area contributed by atoms with E-state index in [2.05, 4.69) is 14.6 Å². The van der Waals surface area contributed by atoms with E-state index in [9.17, 15) is 8.42 Å². The van der Waals surface area contributed by atoms with Crippen molar-refractivity contribution in [3.8, 4) is 0 Å². The Kier molecular flexibility index (Phi) is 4.22. The van der Waals surface area contributed by atoms with Crippen molar-refractivity contribution in [1.82, 2.24) is 4.98 Å². The van der Waals surface area contributed by atoms with Crippen LogP contribution < -0.4 is 9.62 Å². The first-order valence-electron chi connectivity index (χ1n) is 7.05. The number of sulfonamides is 1. The van der Waals surface area contributed by atoms with E-state index in [1.807, 2.05) is 6.07 Å². The van der Waals surface area contributed by atoms with Gasteiger partial charge in [-0.15, -0.1) is 0 Å². The Morgan fingerprint density at radius 1 is 1.09 bits per heavy atom. The number of aromatic nitrogens is 1. The van der Waals surface area contributed by atoms with Crippen LogP contribution in [0.15, 0.2) is 47.5 Å². The maximum absolute atomic E-state index is 12.3. The van der Waals surface area contributed by atoms with Crippen LogP contribution in [0.5, 0.6) is 0 Å². The lowest BCUT2D eigenvalue weighted by molar-refractivity contribution is 0.601. The number of hydrogen-bond donors (Lipinski definition) is 1. The molecule has 22 heavy (non-hydrogen) atoms. The highest BCUT2D eigenvalue weighted by molar-refractivity contribution is 7.92. The highest BCUT2D eigenvalue weighted by atomic mass is 35.5. The van der Waals surface area contributed by atoms with Gasteiger partial charge in [0.2, 0.25) is 0 Å². The molecule has 0 aliphatic carbocycles. The van der Waals surface area contributed by atoms with Gasteiger partial charge in [-0.1, -0.05) is 23.7 Å². The largest absolute Gasteiger partial charge is 0.357 e. The Bertz CT molecular complexity index is 757. The van der Waals surface area contributed by atoms with Gasteiger partial charge in [0.15, 0.2) is 0 Å². The molecule has 0 unspecified atom stereocenters. The van der Waals surface area contributed by atoms with Gasteiger partial charge in [0.1, 0.15) is 10.7 Å². The normalized spacial score (nSPS) is 15.0. The third-order valence-electron chi connectivity index (χ3n) is 3.56. The number of nitrogens with one attached hydrogen (secondary N) is 1. The van der Waals surface area contributed by atoms with E-state index in [4.69, 9.17) is 11.6 Å². The molecule has 1 aromatic heterocycles. The van der Waals surface area contributed by atoms with Crippen molar-refractivity contribution >= 4 is 33.1 Å². The van der Waals surface area contributed by atoms with Crippen LogP contribution in [-0.4, -0.2) is 26.5 Å². The van der Waals surface area contributed by atoms with E-state index in [1.54, 1.807) is 24.3 Å². The number of halogens is 1. The molecule has 0 amide bonds. The summed E-state index contributed by atoms with van der Waals surface area (Å²) in [6.07, 6.45) is 3.87. The molecule has 0 bridgehead atoms. The smallest absolute Gasteiger partial charge is 0.263 e. The summed E-state index contributed by atoms with van der Waals surface area (Å²) < 4.78 is 27.2. The summed E-state index contributed by atoms with van der Waals surface area (Å²) in [5.41, 5.74) is 0.419. The van der Waals surface area contributed by atoms with Gasteiger partial charge in [0, 0.05) is 13.1 Å². The van der Waals surface area contributed by atoms with Crippen molar-refractivity contribution in [3.05, 3.63) is 47.6 Å². The van der Waals surface area contributed by atoms with Gasteiger partial charge in [0.05, 0.1) is 16.9 Å². The van der Waals surface area contributed by atoms with Crippen LogP contribution in [0.1, 0.15) is 12.8 Å². The minimum atomic E-state index is -3.71. The molecule has 2 aromatic rings. The van der Waals surface area contributed by atoms with E-state index in [0.717, 1.165) is 18.9 Å². The second-order valence-electron chi connectivity index (χ2n) is 5.14. The molecule has 3 rings (SSSR count). The summed E-state index contributed by atoms with van der Waals surface area (Å²) in [6, 6.07) is 9.88. The van der Waals surface area contributed by atoms with Crippen LogP contribution in [-0.2, 0) is 10.0 Å². The van der Waals surface area contributed by atoms with Crippen LogP contribution >= 0.6 is 11.6 Å². The molecule has 1 saturated heterocycles. The van der Waals surface area contributed by atoms with Crippen molar-refractivity contribution in [2.75, 3.05) is 22.7 Å². The zero-order valence-corrected chi connectivity index (χ0v) is 13.4. The number of anilines is 2. The van der Waals surface area contributed by atoms with Crippen LogP contribution in [0, 0.1) is 0 Å². The van der Waals surface area contributed by atoms with Gasteiger partial charge < -0.3 is 4.90 Å². The molecule has 0 radical (unpaired) electrons. The van der Waals surface area contributed by atoms with Crippen LogP contribution in [0.25, 0.3) is 0 Å². The first-order valence-corrected chi connectivity index (χ1v) is 8.91. The number of pyridine rings is 1. The standard InChI is InChI=1S/C15H16ClN3O2S/c16-13-5-1-2-6-14(13)22(20,21)18-12-7-8-15(17-11-12)19-9-3-4-10-19/h1-2,5-8,11,18H,3-4,9-10H2. The Hall–Kier alpha value is -1.79. The van der Waals surface area contributed by atoms with Gasteiger partial charge in [-0.2, -0.15) is 0 Å². The van der Waals surface area contributed by atoms with Crippen LogP contribution in [0.3, 0.4) is 0 Å². The molecule has 1 N–H and O–H groups in total. The molecule has 0 saturated carbocycles. The topological polar surface area (TPSA) is 62.3 Å². The molecule has 1 aliphatic rings. The van der Waals surface area contributed by atoms with Crippen molar-refractivity contribution in [3.63, 3.8) is 0 Å². The number of benzene rings is 1. The van der Waals surface area contributed by atoms with Gasteiger partial charge in [-0.05, 0) is 37.1 Å². The van der Waals surface area contributed by atoms with Crippen LogP contribution in [0.2, 0.25) is 5.02 Å². The molecule has 1 aliphatic heterocycles. The average Bonchev–Trinajstić information content (AvgIpc) is 3.02. The van der Waals surface area contributed by atoms with E-state index >= 15 is 0 Å². The van der Waals surface area contributed by atoms with Crippen molar-refractivity contribution < 1.29 is 8.42 Å². The monoisotopic (exact) mass is 337 g/mol. The Labute approximate surface area is 135 Å². The van der Waals surface area contributed by atoms with Gasteiger partial charge in [-0.3, -0.25) is 4.72 Å². The lowest BCUT2D eigenvalue weighted by Gasteiger charge is -2.16. The predicted octanol–water partition coefficient (Wildman–Crippen LogP) is 3.14. The fourth-order valence-corrected chi connectivity index (χ4v) is 4.02. The molecule has 0 atom stereocenters. The Morgan fingerprint density at radius 2 is 1.82 bits per heavy atom. The Balaban J connectivity index is 1.79. The fourth-order valence-electron chi connectivity index (χ4n) is 2.45. The third-order valence-corrected chi connectivity index (χ3v) is 5.44. The average molecular weight is 338 g/mol. The zero-order valence-electron chi connectivity index (χ0n) is 11.9. The summed E-state index contributed by atoms with van der Waals surface area (Å²) in [5.74, 6) is 0.873. The maximum Gasteiger partial charge on any atom is 0.263 e. The summed E-state index contributed by atoms with van der Waals surface area (Å²) in [6.45, 7) is 2.00. The molecular formula is C15H16ClN3O2S. The first kappa shape index (κ1) is 15.1. The molecule has 1 fully saturated rings. The SMILES string of the molecule is O=S(=O)(Nc1ccc(N2CCCC2)nc1)c1ccccc1Cl. The molecule has 5 nitrogen and oxygen atoms in total. The quantitative estimate of drug-likeness (QED) is 0.931. The summed E-state index contributed by atoms with van der Waals surface area (Å²) in [7, 11) is -3.71. The Morgan fingerprint density at radius 3 is 2.45 bits per heavy atom. The zero-order chi connectivity index (χ0) is 15.6. The summed E-state index contributed by atoms with van der Waals surface area (Å²) in [5, 5.41) is 0.191. The lowest BCUT2D eigenvalue weighted by atomic mass is 10.4. The predicted molar refractivity (Wildman–Crippen MR) is 87.9 cm³/mol. The van der Waals surface area contributed by atoms with Gasteiger partial charge in [-0.25, -0.2) is 13.4 Å². The fraction of sp³-hybridized carbons (Fsp3) is 0.267. The van der Waals surface area contributed by atoms with Crippen molar-refractivity contribution in [2.45, 2.75) is 17.7 Å². The molecule has 0 spiro atoms. The molecule has 1 aromatic carbocycles. The second-order valence-corrected chi connectivity index (χ2v) is 7.19. The first-order chi connectivity index (χ1) is 10.6. The highest BCUT2D eigenvalue weighted by Gasteiger charge is 2.18. The van der Waals surface area contributed by atoms with Crippen LogP contribution in [0.4, 0.5) is 11.5 Å².